The van der Waals surface area contributed by atoms with Crippen LogP contribution in [0.1, 0.15) is 24.5 Å². The second kappa shape index (κ2) is 4.68. The lowest BCUT2D eigenvalue weighted by Gasteiger charge is -2.03. The maximum atomic E-state index is 11.2. The first-order valence-corrected chi connectivity index (χ1v) is 4.80. The summed E-state index contributed by atoms with van der Waals surface area (Å²) in [7, 11) is 0. The van der Waals surface area contributed by atoms with Crippen molar-refractivity contribution in [1.82, 2.24) is 0 Å². The van der Waals surface area contributed by atoms with E-state index in [9.17, 15) is 14.9 Å². The van der Waals surface area contributed by atoms with Crippen LogP contribution in [0.3, 0.4) is 0 Å². The molecule has 0 atom stereocenters. The second-order valence-electron chi connectivity index (χ2n) is 3.44. The van der Waals surface area contributed by atoms with Gasteiger partial charge in [0.25, 0.3) is 5.69 Å². The molecule has 0 radical (unpaired) electrons. The zero-order valence-corrected chi connectivity index (χ0v) is 8.82. The summed E-state index contributed by atoms with van der Waals surface area (Å²) in [5.74, 6) is 0.145. The van der Waals surface area contributed by atoms with Crippen LogP contribution in [0.4, 0.5) is 5.69 Å². The summed E-state index contributed by atoms with van der Waals surface area (Å²) < 4.78 is 0. The van der Waals surface area contributed by atoms with Crippen molar-refractivity contribution in [3.8, 4) is 0 Å². The topological polar surface area (TPSA) is 60.2 Å². The fourth-order valence-electron chi connectivity index (χ4n) is 1.33. The number of non-ortho nitro benzene ring substituents is 1. The smallest absolute Gasteiger partial charge is 0.269 e. The summed E-state index contributed by atoms with van der Waals surface area (Å²) in [5, 5.41) is 10.5. The van der Waals surface area contributed by atoms with Crippen molar-refractivity contribution in [2.24, 2.45) is 0 Å². The largest absolute Gasteiger partial charge is 0.299 e. The predicted octanol–water partition coefficient (Wildman–Crippen LogP) is 2.42. The molecule has 0 aliphatic rings. The number of Topliss-reactive ketones (excluding diaryl/α,β-unsaturated/α-hetero) is 1. The van der Waals surface area contributed by atoms with E-state index in [1.165, 1.54) is 12.1 Å². The quantitative estimate of drug-likeness (QED) is 0.562. The van der Waals surface area contributed by atoms with Crippen molar-refractivity contribution >= 4 is 11.5 Å². The number of aryl methyl sites for hydroxylation is 1. The molecule has 0 saturated carbocycles. The van der Waals surface area contributed by atoms with Gasteiger partial charge in [-0.3, -0.25) is 14.9 Å². The van der Waals surface area contributed by atoms with E-state index >= 15 is 0 Å². The Morgan fingerprint density at radius 1 is 1.47 bits per heavy atom. The van der Waals surface area contributed by atoms with Gasteiger partial charge in [-0.05, 0) is 18.1 Å². The number of ketones is 1. The van der Waals surface area contributed by atoms with Crippen molar-refractivity contribution in [2.75, 3.05) is 0 Å². The number of rotatable bonds is 4. The summed E-state index contributed by atoms with van der Waals surface area (Å²) >= 11 is 0. The van der Waals surface area contributed by atoms with Gasteiger partial charge in [-0.15, -0.1) is 0 Å². The number of nitrogens with zero attached hydrogens (tertiary/aromatic N) is 1. The zero-order chi connectivity index (χ0) is 11.4. The minimum atomic E-state index is -0.432. The Bertz CT molecular complexity index is 399. The number of carbonyl (C=O) groups excluding carboxylic acids is 1. The molecular formula is C11H13NO3. The lowest BCUT2D eigenvalue weighted by Crippen LogP contribution is -2.02. The standard InChI is InChI=1S/C11H13NO3/c1-3-11(13)7-9-4-5-10(12(14)15)6-8(9)2/h4-6H,3,7H2,1-2H3. The summed E-state index contributed by atoms with van der Waals surface area (Å²) in [6.07, 6.45) is 0.858. The van der Waals surface area contributed by atoms with E-state index in [-0.39, 0.29) is 11.5 Å². The third kappa shape index (κ3) is 2.87. The van der Waals surface area contributed by atoms with Gasteiger partial charge in [-0.25, -0.2) is 0 Å². The van der Waals surface area contributed by atoms with Gasteiger partial charge in [0.2, 0.25) is 0 Å². The monoisotopic (exact) mass is 207 g/mol. The van der Waals surface area contributed by atoms with Crippen LogP contribution in [0, 0.1) is 17.0 Å². The lowest BCUT2D eigenvalue weighted by molar-refractivity contribution is -0.384. The van der Waals surface area contributed by atoms with Crippen molar-refractivity contribution in [1.29, 1.82) is 0 Å². The highest BCUT2D eigenvalue weighted by Gasteiger charge is 2.09. The predicted molar refractivity (Wildman–Crippen MR) is 56.8 cm³/mol. The first-order valence-electron chi connectivity index (χ1n) is 4.80. The van der Waals surface area contributed by atoms with Crippen molar-refractivity contribution in [3.05, 3.63) is 39.4 Å². The Labute approximate surface area is 88.1 Å². The molecule has 0 heterocycles. The van der Waals surface area contributed by atoms with Crippen molar-refractivity contribution in [2.45, 2.75) is 26.7 Å². The van der Waals surface area contributed by atoms with E-state index in [2.05, 4.69) is 0 Å². The fourth-order valence-corrected chi connectivity index (χ4v) is 1.33. The summed E-state index contributed by atoms with van der Waals surface area (Å²) in [4.78, 5) is 21.3. The van der Waals surface area contributed by atoms with Gasteiger partial charge < -0.3 is 0 Å². The molecule has 4 nitrogen and oxygen atoms in total. The maximum absolute atomic E-state index is 11.2. The molecule has 0 aliphatic carbocycles. The first kappa shape index (κ1) is 11.4. The molecule has 0 amide bonds. The molecule has 80 valence electrons. The normalized spacial score (nSPS) is 10.0. The van der Waals surface area contributed by atoms with Gasteiger partial charge in [0.1, 0.15) is 5.78 Å². The Balaban J connectivity index is 2.93. The van der Waals surface area contributed by atoms with Crippen LogP contribution in [0.5, 0.6) is 0 Å². The van der Waals surface area contributed by atoms with Gasteiger partial charge in [0.05, 0.1) is 4.92 Å². The van der Waals surface area contributed by atoms with Gasteiger partial charge in [-0.1, -0.05) is 13.0 Å². The number of nitro groups is 1. The molecule has 15 heavy (non-hydrogen) atoms. The minimum absolute atomic E-state index is 0.0696. The Morgan fingerprint density at radius 2 is 2.13 bits per heavy atom. The van der Waals surface area contributed by atoms with Crippen LogP contribution in [-0.2, 0) is 11.2 Å². The molecule has 4 heteroatoms. The van der Waals surface area contributed by atoms with Crippen LogP contribution in [-0.4, -0.2) is 10.7 Å². The molecule has 0 fully saturated rings. The van der Waals surface area contributed by atoms with E-state index in [1.807, 2.05) is 6.92 Å². The first-order chi connectivity index (χ1) is 7.04. The van der Waals surface area contributed by atoms with E-state index in [0.29, 0.717) is 12.8 Å². The Kier molecular flexibility index (Phi) is 3.55. The molecule has 0 N–H and O–H groups in total. The summed E-state index contributed by atoms with van der Waals surface area (Å²) in [6, 6.07) is 4.59. The highest BCUT2D eigenvalue weighted by Crippen LogP contribution is 2.17. The molecule has 0 saturated heterocycles. The van der Waals surface area contributed by atoms with Gasteiger partial charge in [0, 0.05) is 25.0 Å². The van der Waals surface area contributed by atoms with Crippen LogP contribution >= 0.6 is 0 Å². The van der Waals surface area contributed by atoms with E-state index in [0.717, 1.165) is 11.1 Å². The summed E-state index contributed by atoms with van der Waals surface area (Å²) in [6.45, 7) is 3.59. The lowest BCUT2D eigenvalue weighted by atomic mass is 10.0. The molecule has 1 aromatic rings. The molecule has 0 aromatic heterocycles. The van der Waals surface area contributed by atoms with Gasteiger partial charge >= 0.3 is 0 Å². The molecular weight excluding hydrogens is 194 g/mol. The number of nitro benzene ring substituents is 1. The van der Waals surface area contributed by atoms with Crippen LogP contribution in [0.15, 0.2) is 18.2 Å². The molecule has 1 rings (SSSR count). The van der Waals surface area contributed by atoms with Crippen LogP contribution in [0.2, 0.25) is 0 Å². The minimum Gasteiger partial charge on any atom is -0.299 e. The fraction of sp³-hybridized carbons (Fsp3) is 0.364. The summed E-state index contributed by atoms with van der Waals surface area (Å²) in [5.41, 5.74) is 1.73. The average molecular weight is 207 g/mol. The molecule has 1 aromatic carbocycles. The number of benzene rings is 1. The average Bonchev–Trinajstić information content (AvgIpc) is 2.20. The third-order valence-corrected chi connectivity index (χ3v) is 2.32. The molecule has 0 bridgehead atoms. The van der Waals surface area contributed by atoms with Gasteiger partial charge in [0.15, 0.2) is 0 Å². The van der Waals surface area contributed by atoms with Crippen molar-refractivity contribution < 1.29 is 9.72 Å². The van der Waals surface area contributed by atoms with E-state index in [1.54, 1.807) is 13.0 Å². The molecule has 0 spiro atoms. The number of hydrogen-bond donors (Lipinski definition) is 0. The maximum Gasteiger partial charge on any atom is 0.269 e. The second-order valence-corrected chi connectivity index (χ2v) is 3.44. The Hall–Kier alpha value is -1.71. The number of carbonyl (C=O) groups is 1. The Morgan fingerprint density at radius 3 is 2.60 bits per heavy atom. The van der Waals surface area contributed by atoms with Gasteiger partial charge in [-0.2, -0.15) is 0 Å². The van der Waals surface area contributed by atoms with Crippen LogP contribution in [0.25, 0.3) is 0 Å². The number of hydrogen-bond acceptors (Lipinski definition) is 3. The van der Waals surface area contributed by atoms with Crippen LogP contribution < -0.4 is 0 Å². The molecule has 0 aliphatic heterocycles. The third-order valence-electron chi connectivity index (χ3n) is 2.32. The SMILES string of the molecule is CCC(=O)Cc1ccc([N+](=O)[O-])cc1C. The highest BCUT2D eigenvalue weighted by atomic mass is 16.6. The highest BCUT2D eigenvalue weighted by molar-refractivity contribution is 5.80. The molecule has 0 unspecified atom stereocenters. The zero-order valence-electron chi connectivity index (χ0n) is 8.82. The van der Waals surface area contributed by atoms with Crippen molar-refractivity contribution in [3.63, 3.8) is 0 Å². The van der Waals surface area contributed by atoms with E-state index < -0.39 is 4.92 Å². The van der Waals surface area contributed by atoms with E-state index in [4.69, 9.17) is 0 Å².